The van der Waals surface area contributed by atoms with Gasteiger partial charge in [0.25, 0.3) is 0 Å². The van der Waals surface area contributed by atoms with E-state index in [0.717, 1.165) is 4.88 Å². The van der Waals surface area contributed by atoms with E-state index in [1.54, 1.807) is 0 Å². The van der Waals surface area contributed by atoms with Crippen molar-refractivity contribution in [3.8, 4) is 11.5 Å². The lowest BCUT2D eigenvalue weighted by molar-refractivity contribution is 0.173. The molecule has 0 saturated heterocycles. The topological polar surface area (TPSA) is 84.9 Å². The Labute approximate surface area is 139 Å². The van der Waals surface area contributed by atoms with E-state index < -0.39 is 16.1 Å². The number of aliphatic hydroxyl groups excluding tert-OH is 1. The average Bonchev–Trinajstić information content (AvgIpc) is 3.08. The molecule has 1 unspecified atom stereocenters. The van der Waals surface area contributed by atoms with Crippen LogP contribution in [0.25, 0.3) is 0 Å². The summed E-state index contributed by atoms with van der Waals surface area (Å²) in [7, 11) is -0.750. The minimum absolute atomic E-state index is 0.0840. The van der Waals surface area contributed by atoms with Gasteiger partial charge in [-0.15, -0.1) is 11.3 Å². The van der Waals surface area contributed by atoms with Crippen LogP contribution < -0.4 is 14.2 Å². The summed E-state index contributed by atoms with van der Waals surface area (Å²) >= 11 is 1.44. The number of hydrogen-bond donors (Lipinski definition) is 2. The van der Waals surface area contributed by atoms with Gasteiger partial charge in [0.15, 0.2) is 11.5 Å². The van der Waals surface area contributed by atoms with Crippen molar-refractivity contribution < 1.29 is 23.0 Å². The highest BCUT2D eigenvalue weighted by atomic mass is 32.2. The summed E-state index contributed by atoms with van der Waals surface area (Å²) in [6, 6.07) is 8.04. The van der Waals surface area contributed by atoms with Crippen molar-refractivity contribution in [3.63, 3.8) is 0 Å². The Hall–Kier alpha value is -1.61. The molecule has 6 nitrogen and oxygen atoms in total. The van der Waals surface area contributed by atoms with Crippen LogP contribution in [0, 0.1) is 0 Å². The number of rotatable bonds is 8. The number of benzene rings is 1. The Bertz CT molecular complexity index is 728. The van der Waals surface area contributed by atoms with Gasteiger partial charge in [0.1, 0.15) is 0 Å². The summed E-state index contributed by atoms with van der Waals surface area (Å²) in [5.74, 6) is 0.800. The fourth-order valence-corrected chi connectivity index (χ4v) is 3.83. The predicted octanol–water partition coefficient (Wildman–Crippen LogP) is 2.17. The molecular formula is C15H19NO5S2. The second-order valence-corrected chi connectivity index (χ2v) is 7.48. The molecule has 8 heteroatoms. The highest BCUT2D eigenvalue weighted by Crippen LogP contribution is 2.29. The molecule has 1 atom stereocenters. The molecule has 0 spiro atoms. The normalized spacial score (nSPS) is 12.8. The maximum atomic E-state index is 12.3. The summed E-state index contributed by atoms with van der Waals surface area (Å²) in [6.07, 6.45) is -0.379. The lowest BCUT2D eigenvalue weighted by Gasteiger charge is -2.12. The number of thiophene rings is 1. The molecule has 2 rings (SSSR count). The zero-order chi connectivity index (χ0) is 16.9. The van der Waals surface area contributed by atoms with Gasteiger partial charge in [0.2, 0.25) is 10.0 Å². The molecule has 2 N–H and O–H groups in total. The number of methoxy groups -OCH3 is 2. The zero-order valence-electron chi connectivity index (χ0n) is 12.9. The Morgan fingerprint density at radius 3 is 2.57 bits per heavy atom. The minimum Gasteiger partial charge on any atom is -0.493 e. The first-order valence-corrected chi connectivity index (χ1v) is 9.27. The van der Waals surface area contributed by atoms with E-state index in [2.05, 4.69) is 4.72 Å². The Kier molecular flexibility index (Phi) is 6.00. The molecule has 126 valence electrons. The molecule has 1 aromatic carbocycles. The van der Waals surface area contributed by atoms with Crippen LogP contribution in [0.5, 0.6) is 11.5 Å². The average molecular weight is 357 g/mol. The largest absolute Gasteiger partial charge is 0.493 e. The SMILES string of the molecule is COc1ccc(S(=O)(=O)NCCC(O)c2cccs2)cc1OC. The van der Waals surface area contributed by atoms with E-state index in [1.807, 2.05) is 17.5 Å². The first kappa shape index (κ1) is 17.7. The molecule has 0 fully saturated rings. The molecule has 0 saturated carbocycles. The van der Waals surface area contributed by atoms with Gasteiger partial charge in [-0.2, -0.15) is 0 Å². The Morgan fingerprint density at radius 1 is 1.22 bits per heavy atom. The summed E-state index contributed by atoms with van der Waals surface area (Å²) in [5.41, 5.74) is 0. The predicted molar refractivity (Wildman–Crippen MR) is 88.6 cm³/mol. The number of aliphatic hydroxyl groups is 1. The molecule has 0 radical (unpaired) electrons. The maximum Gasteiger partial charge on any atom is 0.240 e. The number of ether oxygens (including phenoxy) is 2. The smallest absolute Gasteiger partial charge is 0.240 e. The molecule has 23 heavy (non-hydrogen) atoms. The molecule has 1 aromatic heterocycles. The summed E-state index contributed by atoms with van der Waals surface area (Å²) in [5, 5.41) is 11.8. The zero-order valence-corrected chi connectivity index (χ0v) is 14.5. The van der Waals surface area contributed by atoms with Gasteiger partial charge in [-0.25, -0.2) is 13.1 Å². The summed E-state index contributed by atoms with van der Waals surface area (Å²) in [6.45, 7) is 0.135. The van der Waals surface area contributed by atoms with Crippen LogP contribution in [0.2, 0.25) is 0 Å². The van der Waals surface area contributed by atoms with E-state index in [0.29, 0.717) is 17.9 Å². The Balaban J connectivity index is 2.01. The number of nitrogens with one attached hydrogen (secondary N) is 1. The summed E-state index contributed by atoms with van der Waals surface area (Å²) in [4.78, 5) is 0.899. The lowest BCUT2D eigenvalue weighted by Crippen LogP contribution is -2.25. The molecule has 1 heterocycles. The van der Waals surface area contributed by atoms with Crippen LogP contribution in [0.15, 0.2) is 40.6 Å². The molecule has 0 aliphatic carbocycles. The van der Waals surface area contributed by atoms with Crippen molar-refractivity contribution in [2.45, 2.75) is 17.4 Å². The number of sulfonamides is 1. The first-order chi connectivity index (χ1) is 11.0. The van der Waals surface area contributed by atoms with Gasteiger partial charge in [-0.05, 0) is 30.0 Å². The second-order valence-electron chi connectivity index (χ2n) is 4.73. The van der Waals surface area contributed by atoms with Gasteiger partial charge < -0.3 is 14.6 Å². The molecule has 0 amide bonds. The standard InChI is InChI=1S/C15H19NO5S2/c1-20-13-6-5-11(10-14(13)21-2)23(18,19)16-8-7-12(17)15-4-3-9-22-15/h3-6,9-10,12,16-17H,7-8H2,1-2H3. The van der Waals surface area contributed by atoms with Crippen molar-refractivity contribution in [2.24, 2.45) is 0 Å². The first-order valence-electron chi connectivity index (χ1n) is 6.91. The quantitative estimate of drug-likeness (QED) is 0.756. The highest BCUT2D eigenvalue weighted by molar-refractivity contribution is 7.89. The van der Waals surface area contributed by atoms with Crippen LogP contribution in [0.4, 0.5) is 0 Å². The second kappa shape index (κ2) is 7.78. The van der Waals surface area contributed by atoms with Gasteiger partial charge in [0, 0.05) is 17.5 Å². The van der Waals surface area contributed by atoms with Crippen LogP contribution >= 0.6 is 11.3 Å². The third kappa shape index (κ3) is 4.44. The molecule has 0 aliphatic heterocycles. The van der Waals surface area contributed by atoms with E-state index in [1.165, 1.54) is 43.8 Å². The highest BCUT2D eigenvalue weighted by Gasteiger charge is 2.17. The monoisotopic (exact) mass is 357 g/mol. The molecular weight excluding hydrogens is 338 g/mol. The number of hydrogen-bond acceptors (Lipinski definition) is 6. The molecule has 2 aromatic rings. The lowest BCUT2D eigenvalue weighted by atomic mass is 10.2. The van der Waals surface area contributed by atoms with Crippen molar-refractivity contribution in [1.82, 2.24) is 4.72 Å². The van der Waals surface area contributed by atoms with Gasteiger partial charge in [-0.3, -0.25) is 0 Å². The van der Waals surface area contributed by atoms with E-state index in [9.17, 15) is 13.5 Å². The van der Waals surface area contributed by atoms with Crippen molar-refractivity contribution in [3.05, 3.63) is 40.6 Å². The van der Waals surface area contributed by atoms with Crippen LogP contribution in [-0.4, -0.2) is 34.3 Å². The van der Waals surface area contributed by atoms with Crippen LogP contribution in [0.3, 0.4) is 0 Å². The van der Waals surface area contributed by atoms with E-state index >= 15 is 0 Å². The van der Waals surface area contributed by atoms with Crippen LogP contribution in [-0.2, 0) is 10.0 Å². The van der Waals surface area contributed by atoms with Gasteiger partial charge in [0.05, 0.1) is 25.2 Å². The van der Waals surface area contributed by atoms with E-state index in [-0.39, 0.29) is 11.4 Å². The fraction of sp³-hybridized carbons (Fsp3) is 0.333. The third-order valence-corrected chi connectivity index (χ3v) is 5.68. The summed E-state index contributed by atoms with van der Waals surface area (Å²) < 4.78 is 37.2. The van der Waals surface area contributed by atoms with Gasteiger partial charge >= 0.3 is 0 Å². The minimum atomic E-state index is -3.68. The van der Waals surface area contributed by atoms with Crippen LogP contribution in [0.1, 0.15) is 17.4 Å². The van der Waals surface area contributed by atoms with Crippen molar-refractivity contribution in [1.29, 1.82) is 0 Å². The Morgan fingerprint density at radius 2 is 1.96 bits per heavy atom. The van der Waals surface area contributed by atoms with Crippen molar-refractivity contribution in [2.75, 3.05) is 20.8 Å². The third-order valence-electron chi connectivity index (χ3n) is 3.25. The van der Waals surface area contributed by atoms with Gasteiger partial charge in [-0.1, -0.05) is 6.07 Å². The maximum absolute atomic E-state index is 12.3. The fourth-order valence-electron chi connectivity index (χ4n) is 2.02. The van der Waals surface area contributed by atoms with E-state index in [4.69, 9.17) is 9.47 Å². The molecule has 0 aliphatic rings. The van der Waals surface area contributed by atoms with Crippen molar-refractivity contribution >= 4 is 21.4 Å². The molecule has 0 bridgehead atoms.